The Morgan fingerprint density at radius 2 is 1.20 bits per heavy atom. The molecule has 0 aliphatic heterocycles. The van der Waals surface area contributed by atoms with Gasteiger partial charge in [0.25, 0.3) is 0 Å². The summed E-state index contributed by atoms with van der Waals surface area (Å²) in [7, 11) is 0. The molecule has 1 N–H and O–H groups in total. The van der Waals surface area contributed by atoms with E-state index in [1.807, 2.05) is 18.2 Å². The summed E-state index contributed by atoms with van der Waals surface area (Å²) in [5, 5.41) is 7.90. The van der Waals surface area contributed by atoms with Crippen LogP contribution in [0.3, 0.4) is 0 Å². The Morgan fingerprint density at radius 1 is 0.714 bits per heavy atom. The molecule has 0 spiro atoms. The number of aromatic nitrogens is 1. The van der Waals surface area contributed by atoms with Crippen LogP contribution in [-0.4, -0.2) is 39.8 Å². The third-order valence-electron chi connectivity index (χ3n) is 3.69. The molecule has 1 heterocycles. The Bertz CT molecular complexity index is 1010. The van der Waals surface area contributed by atoms with E-state index in [1.54, 1.807) is 12.4 Å². The number of carbonyl (C=O) groups is 2. The van der Waals surface area contributed by atoms with Gasteiger partial charge in [0, 0.05) is 12.4 Å². The van der Waals surface area contributed by atoms with Gasteiger partial charge < -0.3 is 9.84 Å². The van der Waals surface area contributed by atoms with Crippen molar-refractivity contribution in [2.24, 2.45) is 0 Å². The van der Waals surface area contributed by atoms with Crippen LogP contribution >= 0.6 is 0 Å². The second-order valence-corrected chi connectivity index (χ2v) is 6.15. The number of rotatable bonds is 5. The SMILES string of the molecule is O=C(O)C(F)(F)C(F)(F)C(F)(F)C(=O)Oc1ccc(C(F)(F)F)c(C(F)(F)F)c1.c1ccncc1. The molecule has 17 heteroatoms. The minimum absolute atomic E-state index is 0.153. The van der Waals surface area contributed by atoms with Gasteiger partial charge in [0.05, 0.1) is 11.1 Å². The lowest BCUT2D eigenvalue weighted by atomic mass is 10.0. The smallest absolute Gasteiger partial charge is 0.417 e. The maximum absolute atomic E-state index is 13.4. The van der Waals surface area contributed by atoms with Crippen molar-refractivity contribution in [3.8, 4) is 5.75 Å². The molecule has 1 aromatic heterocycles. The molecule has 0 aliphatic rings. The average molecular weight is 531 g/mol. The van der Waals surface area contributed by atoms with Crippen molar-refractivity contribution in [3.63, 3.8) is 0 Å². The van der Waals surface area contributed by atoms with Gasteiger partial charge in [-0.15, -0.1) is 0 Å². The van der Waals surface area contributed by atoms with Crippen molar-refractivity contribution in [2.75, 3.05) is 0 Å². The van der Waals surface area contributed by atoms with Crippen LogP contribution in [0.4, 0.5) is 52.7 Å². The van der Waals surface area contributed by atoms with Crippen LogP contribution in [0.15, 0.2) is 48.8 Å². The number of carboxylic acids is 1. The summed E-state index contributed by atoms with van der Waals surface area (Å²) in [6.45, 7) is 0. The van der Waals surface area contributed by atoms with Gasteiger partial charge in [-0.25, -0.2) is 9.59 Å². The second kappa shape index (κ2) is 9.99. The van der Waals surface area contributed by atoms with Gasteiger partial charge in [-0.05, 0) is 30.3 Å². The van der Waals surface area contributed by atoms with Gasteiger partial charge in [0.15, 0.2) is 0 Å². The number of carboxylic acid groups (broad SMARTS) is 1. The summed E-state index contributed by atoms with van der Waals surface area (Å²) < 4.78 is 158. The number of hydrogen-bond acceptors (Lipinski definition) is 4. The quantitative estimate of drug-likeness (QED) is 0.305. The van der Waals surface area contributed by atoms with E-state index in [4.69, 9.17) is 5.11 Å². The molecule has 0 fully saturated rings. The van der Waals surface area contributed by atoms with E-state index >= 15 is 0 Å². The standard InChI is InChI=1S/C13H4F12O4.C5H5N/c14-9(15,7(26)27)13(24,25)10(16,17)8(28)29-4-1-2-5(11(18,19)20)6(3-4)12(21,22)23;1-2-4-6-5-3-1/h1-3H,(H,26,27);1-5H. The van der Waals surface area contributed by atoms with E-state index < -0.39 is 71.1 Å². The lowest BCUT2D eigenvalue weighted by Crippen LogP contribution is -2.61. The molecule has 0 bridgehead atoms. The molecule has 5 nitrogen and oxygen atoms in total. The molecule has 0 radical (unpaired) electrons. The average Bonchev–Trinajstić information content (AvgIpc) is 2.73. The van der Waals surface area contributed by atoms with Crippen LogP contribution in [-0.2, 0) is 21.9 Å². The van der Waals surface area contributed by atoms with Crippen LogP contribution in [0.1, 0.15) is 11.1 Å². The van der Waals surface area contributed by atoms with Crippen LogP contribution in [0.25, 0.3) is 0 Å². The molecule has 35 heavy (non-hydrogen) atoms. The first-order valence-corrected chi connectivity index (χ1v) is 8.40. The Hall–Kier alpha value is -3.53. The number of carbonyl (C=O) groups excluding carboxylic acids is 1. The highest BCUT2D eigenvalue weighted by molar-refractivity contribution is 5.85. The zero-order valence-corrected chi connectivity index (χ0v) is 16.3. The molecule has 194 valence electrons. The van der Waals surface area contributed by atoms with Gasteiger partial charge in [0.1, 0.15) is 5.75 Å². The van der Waals surface area contributed by atoms with Crippen molar-refractivity contribution in [2.45, 2.75) is 30.1 Å². The fraction of sp³-hybridized carbons (Fsp3) is 0.278. The van der Waals surface area contributed by atoms with E-state index in [9.17, 15) is 62.3 Å². The van der Waals surface area contributed by atoms with E-state index in [1.165, 1.54) is 0 Å². The minimum Gasteiger partial charge on any atom is -0.477 e. The van der Waals surface area contributed by atoms with Gasteiger partial charge in [-0.1, -0.05) is 6.07 Å². The van der Waals surface area contributed by atoms with Crippen molar-refractivity contribution in [1.82, 2.24) is 4.98 Å². The number of esters is 1. The van der Waals surface area contributed by atoms with Gasteiger partial charge in [-0.3, -0.25) is 4.98 Å². The number of aliphatic carboxylic acids is 1. The summed E-state index contributed by atoms with van der Waals surface area (Å²) in [6.07, 6.45) is -7.90. The summed E-state index contributed by atoms with van der Waals surface area (Å²) >= 11 is 0. The van der Waals surface area contributed by atoms with Crippen LogP contribution in [0, 0.1) is 0 Å². The second-order valence-electron chi connectivity index (χ2n) is 6.15. The van der Waals surface area contributed by atoms with Crippen molar-refractivity contribution in [3.05, 3.63) is 59.9 Å². The van der Waals surface area contributed by atoms with Crippen LogP contribution < -0.4 is 4.74 Å². The third-order valence-corrected chi connectivity index (χ3v) is 3.69. The first kappa shape index (κ1) is 29.5. The van der Waals surface area contributed by atoms with Gasteiger partial charge in [-0.2, -0.15) is 52.7 Å². The molecule has 0 amide bonds. The van der Waals surface area contributed by atoms with E-state index in [-0.39, 0.29) is 6.07 Å². The number of benzene rings is 1. The monoisotopic (exact) mass is 531 g/mol. The molecule has 0 atom stereocenters. The van der Waals surface area contributed by atoms with Crippen molar-refractivity contribution < 1.29 is 72.1 Å². The highest BCUT2D eigenvalue weighted by Gasteiger charge is 2.79. The van der Waals surface area contributed by atoms with Crippen molar-refractivity contribution >= 4 is 11.9 Å². The highest BCUT2D eigenvalue weighted by atomic mass is 19.4. The highest BCUT2D eigenvalue weighted by Crippen LogP contribution is 2.47. The molecule has 2 rings (SSSR count). The first-order valence-electron chi connectivity index (χ1n) is 8.40. The predicted molar refractivity (Wildman–Crippen MR) is 88.8 cm³/mol. The molecule has 2 aromatic rings. The normalized spacial score (nSPS) is 12.9. The molecular weight excluding hydrogens is 522 g/mol. The maximum atomic E-state index is 13.4. The largest absolute Gasteiger partial charge is 0.477 e. The maximum Gasteiger partial charge on any atom is 0.417 e. The number of nitrogens with zero attached hydrogens (tertiary/aromatic N) is 1. The molecule has 0 saturated heterocycles. The zero-order valence-electron chi connectivity index (χ0n) is 16.3. The lowest BCUT2D eigenvalue weighted by Gasteiger charge is -2.28. The number of halogens is 12. The summed E-state index contributed by atoms with van der Waals surface area (Å²) in [5.74, 6) is -29.2. The van der Waals surface area contributed by atoms with E-state index in [2.05, 4.69) is 9.72 Å². The number of ether oxygens (including phenoxy) is 1. The lowest BCUT2D eigenvalue weighted by molar-refractivity contribution is -0.297. The summed E-state index contributed by atoms with van der Waals surface area (Å²) in [6, 6.07) is 4.50. The Morgan fingerprint density at radius 3 is 1.54 bits per heavy atom. The van der Waals surface area contributed by atoms with Crippen LogP contribution in [0.5, 0.6) is 5.75 Å². The van der Waals surface area contributed by atoms with Crippen molar-refractivity contribution in [1.29, 1.82) is 0 Å². The molecule has 1 aromatic carbocycles. The molecular formula is C18H9F12NO4. The number of pyridine rings is 1. The Kier molecular flexibility index (Phi) is 8.42. The van der Waals surface area contributed by atoms with Gasteiger partial charge in [0.2, 0.25) is 0 Å². The molecule has 0 unspecified atom stereocenters. The first-order chi connectivity index (χ1) is 15.7. The number of hydrogen-bond donors (Lipinski definition) is 1. The van der Waals surface area contributed by atoms with Gasteiger partial charge >= 0.3 is 42.1 Å². The predicted octanol–water partition coefficient (Wildman–Crippen LogP) is 5.70. The fourth-order valence-corrected chi connectivity index (χ4v) is 2.01. The van der Waals surface area contributed by atoms with Crippen LogP contribution in [0.2, 0.25) is 0 Å². The minimum atomic E-state index is -6.91. The topological polar surface area (TPSA) is 76.5 Å². The fourth-order valence-electron chi connectivity index (χ4n) is 2.01. The zero-order chi connectivity index (χ0) is 27.5. The van der Waals surface area contributed by atoms with E-state index in [0.717, 1.165) is 0 Å². The number of alkyl halides is 12. The summed E-state index contributed by atoms with van der Waals surface area (Å²) in [4.78, 5) is 24.9. The molecule has 0 saturated carbocycles. The Balaban J connectivity index is 0.000000882. The van der Waals surface area contributed by atoms with E-state index in [0.29, 0.717) is 0 Å². The molecule has 0 aliphatic carbocycles. The summed E-state index contributed by atoms with van der Waals surface area (Å²) in [5.41, 5.74) is -4.93. The Labute approximate surface area is 185 Å². The third kappa shape index (κ3) is 6.54.